The van der Waals surface area contributed by atoms with Gasteiger partial charge in [0.1, 0.15) is 0 Å². The highest BCUT2D eigenvalue weighted by atomic mass is 16.5. The number of unbranched alkanes of at least 4 members (excludes halogenated alkanes) is 9. The average Bonchev–Trinajstić information content (AvgIpc) is 2.65. The summed E-state index contributed by atoms with van der Waals surface area (Å²) in [6.07, 6.45) is 15.9. The largest absolute Gasteiger partial charge is 0.469 e. The third-order valence-corrected chi connectivity index (χ3v) is 5.28. The Hall–Kier alpha value is -1.06. The van der Waals surface area contributed by atoms with Crippen molar-refractivity contribution in [2.24, 2.45) is 11.8 Å². The number of rotatable bonds is 13. The van der Waals surface area contributed by atoms with Gasteiger partial charge in [0, 0.05) is 0 Å². The number of methoxy groups -OCH3 is 1. The second-order valence-electron chi connectivity index (χ2n) is 7.43. The van der Waals surface area contributed by atoms with Crippen molar-refractivity contribution in [3.8, 4) is 0 Å². The molecule has 1 aliphatic rings. The Labute approximate surface area is 154 Å². The molecule has 4 nitrogen and oxygen atoms in total. The number of ether oxygens (including phenoxy) is 2. The Morgan fingerprint density at radius 2 is 1.32 bits per heavy atom. The molecule has 0 bridgehead atoms. The van der Waals surface area contributed by atoms with Gasteiger partial charge in [0.05, 0.1) is 25.6 Å². The molecule has 0 aliphatic heterocycles. The van der Waals surface area contributed by atoms with E-state index in [9.17, 15) is 9.59 Å². The van der Waals surface area contributed by atoms with Crippen molar-refractivity contribution in [2.75, 3.05) is 13.7 Å². The second-order valence-corrected chi connectivity index (χ2v) is 7.43. The molecule has 0 aromatic heterocycles. The number of esters is 2. The first kappa shape index (κ1) is 22.0. The summed E-state index contributed by atoms with van der Waals surface area (Å²) in [5.74, 6) is -0.564. The van der Waals surface area contributed by atoms with Gasteiger partial charge in [-0.1, -0.05) is 71.1 Å². The first-order valence-corrected chi connectivity index (χ1v) is 10.4. The summed E-state index contributed by atoms with van der Waals surface area (Å²) < 4.78 is 10.2. The maximum Gasteiger partial charge on any atom is 0.308 e. The fourth-order valence-corrected chi connectivity index (χ4v) is 3.66. The summed E-state index contributed by atoms with van der Waals surface area (Å²) in [6.45, 7) is 2.77. The minimum atomic E-state index is -0.188. The lowest BCUT2D eigenvalue weighted by Crippen LogP contribution is -2.29. The molecule has 1 fully saturated rings. The highest BCUT2D eigenvalue weighted by Crippen LogP contribution is 2.30. The van der Waals surface area contributed by atoms with Crippen molar-refractivity contribution in [3.05, 3.63) is 0 Å². The average molecular weight is 355 g/mol. The van der Waals surface area contributed by atoms with Crippen LogP contribution in [-0.2, 0) is 19.1 Å². The van der Waals surface area contributed by atoms with Crippen molar-refractivity contribution in [1.82, 2.24) is 0 Å². The van der Waals surface area contributed by atoms with Gasteiger partial charge in [-0.2, -0.15) is 0 Å². The number of carbonyl (C=O) groups excluding carboxylic acids is 2. The van der Waals surface area contributed by atoms with Crippen molar-refractivity contribution >= 4 is 11.9 Å². The summed E-state index contributed by atoms with van der Waals surface area (Å²) in [7, 11) is 1.41. The Balaban J connectivity index is 1.99. The molecule has 146 valence electrons. The monoisotopic (exact) mass is 354 g/mol. The lowest BCUT2D eigenvalue weighted by atomic mass is 9.81. The normalized spacial score (nSPS) is 20.2. The summed E-state index contributed by atoms with van der Waals surface area (Å²) >= 11 is 0. The molecule has 0 N–H and O–H groups in total. The molecular weight excluding hydrogens is 316 g/mol. The third-order valence-electron chi connectivity index (χ3n) is 5.28. The van der Waals surface area contributed by atoms with Gasteiger partial charge < -0.3 is 9.47 Å². The van der Waals surface area contributed by atoms with E-state index in [-0.39, 0.29) is 23.8 Å². The molecule has 0 radical (unpaired) electrons. The van der Waals surface area contributed by atoms with E-state index in [1.807, 2.05) is 0 Å². The van der Waals surface area contributed by atoms with Crippen LogP contribution in [0.4, 0.5) is 0 Å². The van der Waals surface area contributed by atoms with Crippen LogP contribution in [0.3, 0.4) is 0 Å². The van der Waals surface area contributed by atoms with E-state index in [0.717, 1.165) is 32.1 Å². The van der Waals surface area contributed by atoms with Crippen LogP contribution in [0.2, 0.25) is 0 Å². The lowest BCUT2D eigenvalue weighted by Gasteiger charge is -2.25. The number of hydrogen-bond acceptors (Lipinski definition) is 4. The summed E-state index contributed by atoms with van der Waals surface area (Å²) in [6, 6.07) is 0. The summed E-state index contributed by atoms with van der Waals surface area (Å²) in [5.41, 5.74) is 0. The highest BCUT2D eigenvalue weighted by molar-refractivity contribution is 5.76. The molecule has 0 aromatic rings. The van der Waals surface area contributed by atoms with Crippen LogP contribution in [-0.4, -0.2) is 25.7 Å². The predicted molar refractivity (Wildman–Crippen MR) is 100 cm³/mol. The van der Waals surface area contributed by atoms with Crippen molar-refractivity contribution < 1.29 is 19.1 Å². The molecule has 0 amide bonds. The lowest BCUT2D eigenvalue weighted by molar-refractivity contribution is -0.153. The van der Waals surface area contributed by atoms with Crippen LogP contribution in [0, 0.1) is 11.8 Å². The minimum absolute atomic E-state index is 0.121. The van der Waals surface area contributed by atoms with Crippen molar-refractivity contribution in [3.63, 3.8) is 0 Å². The molecule has 1 saturated carbocycles. The van der Waals surface area contributed by atoms with E-state index in [1.165, 1.54) is 58.5 Å². The quantitative estimate of drug-likeness (QED) is 0.327. The molecular formula is C21H38O4. The maximum atomic E-state index is 12.1. The zero-order valence-electron chi connectivity index (χ0n) is 16.4. The number of hydrogen-bond donors (Lipinski definition) is 0. The van der Waals surface area contributed by atoms with Gasteiger partial charge in [0.15, 0.2) is 0 Å². The standard InChI is InChI=1S/C21H38O4/c1-3-4-5-6-7-8-9-10-11-12-16-25-21(23)19-15-13-14-18(17-19)20(22)24-2/h18-19H,3-17H2,1-2H3. The minimum Gasteiger partial charge on any atom is -0.469 e. The molecule has 1 aliphatic carbocycles. The zero-order valence-corrected chi connectivity index (χ0v) is 16.4. The smallest absolute Gasteiger partial charge is 0.308 e. The van der Waals surface area contributed by atoms with E-state index < -0.39 is 0 Å². The van der Waals surface area contributed by atoms with Gasteiger partial charge in [-0.15, -0.1) is 0 Å². The van der Waals surface area contributed by atoms with Gasteiger partial charge >= 0.3 is 11.9 Å². The molecule has 0 spiro atoms. The predicted octanol–water partition coefficient (Wildman–Crippen LogP) is 5.43. The SMILES string of the molecule is CCCCCCCCCCCCOC(=O)C1CCCC(C(=O)OC)C1. The van der Waals surface area contributed by atoms with Crippen molar-refractivity contribution in [1.29, 1.82) is 0 Å². The van der Waals surface area contributed by atoms with Crippen molar-refractivity contribution in [2.45, 2.75) is 96.8 Å². The highest BCUT2D eigenvalue weighted by Gasteiger charge is 2.32. The van der Waals surface area contributed by atoms with Crippen LogP contribution < -0.4 is 0 Å². The Morgan fingerprint density at radius 3 is 1.88 bits per heavy atom. The van der Waals surface area contributed by atoms with E-state index in [2.05, 4.69) is 6.92 Å². The Morgan fingerprint density at radius 1 is 0.800 bits per heavy atom. The summed E-state index contributed by atoms with van der Waals surface area (Å²) in [4.78, 5) is 23.8. The fraction of sp³-hybridized carbons (Fsp3) is 0.905. The van der Waals surface area contributed by atoms with Gasteiger partial charge in [-0.05, 0) is 25.7 Å². The number of carbonyl (C=O) groups is 2. The van der Waals surface area contributed by atoms with Gasteiger partial charge in [0.25, 0.3) is 0 Å². The van der Waals surface area contributed by atoms with Gasteiger partial charge in [-0.3, -0.25) is 9.59 Å². The molecule has 25 heavy (non-hydrogen) atoms. The molecule has 4 heteroatoms. The maximum absolute atomic E-state index is 12.1. The van der Waals surface area contributed by atoms with Crippen LogP contribution in [0.15, 0.2) is 0 Å². The molecule has 1 rings (SSSR count). The van der Waals surface area contributed by atoms with E-state index in [1.54, 1.807) is 0 Å². The van der Waals surface area contributed by atoms with Crippen LogP contribution in [0.25, 0.3) is 0 Å². The molecule has 0 heterocycles. The third kappa shape index (κ3) is 9.86. The molecule has 2 atom stereocenters. The first-order valence-electron chi connectivity index (χ1n) is 10.4. The molecule has 0 aromatic carbocycles. The van der Waals surface area contributed by atoms with Crippen LogP contribution >= 0.6 is 0 Å². The van der Waals surface area contributed by atoms with Crippen LogP contribution in [0.1, 0.15) is 96.8 Å². The van der Waals surface area contributed by atoms with Gasteiger partial charge in [-0.25, -0.2) is 0 Å². The fourth-order valence-electron chi connectivity index (χ4n) is 3.66. The zero-order chi connectivity index (χ0) is 18.3. The van der Waals surface area contributed by atoms with E-state index in [0.29, 0.717) is 13.0 Å². The van der Waals surface area contributed by atoms with E-state index in [4.69, 9.17) is 9.47 Å². The Bertz CT molecular complexity index is 367. The molecule has 2 unspecified atom stereocenters. The Kier molecular flexibility index (Phi) is 12.4. The topological polar surface area (TPSA) is 52.6 Å². The van der Waals surface area contributed by atoms with Crippen LogP contribution in [0.5, 0.6) is 0 Å². The van der Waals surface area contributed by atoms with Gasteiger partial charge in [0.2, 0.25) is 0 Å². The summed E-state index contributed by atoms with van der Waals surface area (Å²) in [5, 5.41) is 0. The first-order chi connectivity index (χ1) is 12.2. The van der Waals surface area contributed by atoms with E-state index >= 15 is 0 Å². The molecule has 0 saturated heterocycles. The second kappa shape index (κ2) is 14.1.